The fraction of sp³-hybridized carbons (Fsp3) is 0.556. The lowest BCUT2D eigenvalue weighted by molar-refractivity contribution is -0.118. The number of carbonyl (C=O) groups excluding carboxylic acids is 2. The number of benzene rings is 1. The zero-order chi connectivity index (χ0) is 18.2. The highest BCUT2D eigenvalue weighted by Crippen LogP contribution is 2.11. The lowest BCUT2D eigenvalue weighted by Gasteiger charge is -2.20. The minimum atomic E-state index is -0.533. The summed E-state index contributed by atoms with van der Waals surface area (Å²) in [5, 5.41) is 8.49. The van der Waals surface area contributed by atoms with E-state index in [0.717, 1.165) is 12.1 Å². The molecule has 2 amide bonds. The van der Waals surface area contributed by atoms with Gasteiger partial charge in [0.05, 0.1) is 6.04 Å². The molecule has 0 unspecified atom stereocenters. The molecule has 0 aromatic heterocycles. The van der Waals surface area contributed by atoms with E-state index in [0.29, 0.717) is 13.0 Å². The highest BCUT2D eigenvalue weighted by atomic mass is 16.6. The average molecular weight is 335 g/mol. The Kier molecular flexibility index (Phi) is 7.71. The van der Waals surface area contributed by atoms with E-state index in [-0.39, 0.29) is 5.91 Å². The Balaban J connectivity index is 2.44. The van der Waals surface area contributed by atoms with E-state index in [4.69, 9.17) is 4.74 Å². The lowest BCUT2D eigenvalue weighted by Crippen LogP contribution is -2.42. The molecule has 134 valence electrons. The second-order valence-electron chi connectivity index (χ2n) is 6.60. The predicted molar refractivity (Wildman–Crippen MR) is 96.2 cm³/mol. The van der Waals surface area contributed by atoms with Gasteiger partial charge in [-0.3, -0.25) is 4.79 Å². The van der Waals surface area contributed by atoms with Gasteiger partial charge in [-0.15, -0.1) is 0 Å². The van der Waals surface area contributed by atoms with Crippen LogP contribution in [0.4, 0.5) is 10.5 Å². The maximum atomic E-state index is 12.3. The number of rotatable bonds is 7. The molecule has 3 N–H and O–H groups in total. The Hall–Kier alpha value is -2.08. The first-order chi connectivity index (χ1) is 11.2. The first-order valence-corrected chi connectivity index (χ1v) is 8.29. The molecule has 1 rings (SSSR count). The number of hydrogen-bond donors (Lipinski definition) is 3. The molecule has 0 bridgehead atoms. The Morgan fingerprint density at radius 2 is 1.79 bits per heavy atom. The van der Waals surface area contributed by atoms with Gasteiger partial charge in [-0.05, 0) is 58.4 Å². The van der Waals surface area contributed by atoms with Crippen molar-refractivity contribution in [1.29, 1.82) is 0 Å². The van der Waals surface area contributed by atoms with Crippen molar-refractivity contribution >= 4 is 17.7 Å². The molecular weight excluding hydrogens is 306 g/mol. The summed E-state index contributed by atoms with van der Waals surface area (Å²) in [4.78, 5) is 23.9. The van der Waals surface area contributed by atoms with Crippen LogP contribution in [0.15, 0.2) is 24.3 Å². The first kappa shape index (κ1) is 20.0. The largest absolute Gasteiger partial charge is 0.444 e. The molecule has 0 aliphatic carbocycles. The van der Waals surface area contributed by atoms with Crippen LogP contribution in [0, 0.1) is 0 Å². The van der Waals surface area contributed by atoms with Crippen molar-refractivity contribution in [2.45, 2.75) is 52.2 Å². The van der Waals surface area contributed by atoms with Crippen molar-refractivity contribution in [3.8, 4) is 0 Å². The molecule has 6 nitrogen and oxygen atoms in total. The first-order valence-electron chi connectivity index (χ1n) is 8.29. The number of carbonyl (C=O) groups is 2. The average Bonchev–Trinajstić information content (AvgIpc) is 2.50. The summed E-state index contributed by atoms with van der Waals surface area (Å²) in [7, 11) is 1.72. The monoisotopic (exact) mass is 335 g/mol. The molecule has 1 aromatic rings. The zero-order valence-electron chi connectivity index (χ0n) is 15.2. The van der Waals surface area contributed by atoms with Crippen molar-refractivity contribution in [1.82, 2.24) is 10.6 Å². The summed E-state index contributed by atoms with van der Waals surface area (Å²) < 4.78 is 5.16. The molecule has 1 aromatic carbocycles. The Labute approximate surface area is 144 Å². The molecule has 0 saturated carbocycles. The number of ether oxygens (including phenoxy) is 1. The molecule has 0 aliphatic heterocycles. The smallest absolute Gasteiger partial charge is 0.407 e. The fourth-order valence-electron chi connectivity index (χ4n) is 2.09. The number of nitrogens with one attached hydrogen (secondary N) is 3. The van der Waals surface area contributed by atoms with E-state index >= 15 is 0 Å². The van der Waals surface area contributed by atoms with E-state index in [1.54, 1.807) is 27.8 Å². The van der Waals surface area contributed by atoms with Crippen LogP contribution in [-0.4, -0.2) is 37.2 Å². The van der Waals surface area contributed by atoms with Crippen LogP contribution >= 0.6 is 0 Å². The van der Waals surface area contributed by atoms with Gasteiger partial charge >= 0.3 is 6.09 Å². The van der Waals surface area contributed by atoms with Gasteiger partial charge in [-0.1, -0.05) is 19.1 Å². The highest BCUT2D eigenvalue weighted by Gasteiger charge is 2.19. The Bertz CT molecular complexity index is 535. The molecule has 0 saturated heterocycles. The van der Waals surface area contributed by atoms with E-state index in [2.05, 4.69) is 22.9 Å². The number of likely N-dealkylation sites (N-methyl/N-ethyl adjacent to an activating group) is 1. The Morgan fingerprint density at radius 3 is 2.29 bits per heavy atom. The molecule has 0 radical (unpaired) electrons. The van der Waals surface area contributed by atoms with Crippen LogP contribution in [0.3, 0.4) is 0 Å². The summed E-state index contributed by atoms with van der Waals surface area (Å²) >= 11 is 0. The maximum absolute atomic E-state index is 12.3. The van der Waals surface area contributed by atoms with Gasteiger partial charge < -0.3 is 20.7 Å². The highest BCUT2D eigenvalue weighted by molar-refractivity contribution is 5.94. The second kappa shape index (κ2) is 9.27. The van der Waals surface area contributed by atoms with Crippen LogP contribution in [0.2, 0.25) is 0 Å². The van der Waals surface area contributed by atoms with E-state index in [9.17, 15) is 9.59 Å². The Morgan fingerprint density at radius 1 is 1.17 bits per heavy atom. The minimum Gasteiger partial charge on any atom is -0.444 e. The molecule has 0 spiro atoms. The van der Waals surface area contributed by atoms with Crippen molar-refractivity contribution in [2.24, 2.45) is 0 Å². The molecule has 0 aliphatic rings. The summed E-state index contributed by atoms with van der Waals surface area (Å²) in [5.74, 6) is -0.132. The van der Waals surface area contributed by atoms with Gasteiger partial charge in [-0.2, -0.15) is 0 Å². The second-order valence-corrected chi connectivity index (χ2v) is 6.60. The number of hydrogen-bond acceptors (Lipinski definition) is 4. The third kappa shape index (κ3) is 7.46. The van der Waals surface area contributed by atoms with E-state index in [1.165, 1.54) is 5.56 Å². The number of amides is 2. The SMILES string of the molecule is CCc1ccc(NC(=O)[C@H](CCNC(=O)OC(C)(C)C)NC)cc1. The molecule has 24 heavy (non-hydrogen) atoms. The van der Waals surface area contributed by atoms with Crippen LogP contribution < -0.4 is 16.0 Å². The molecule has 6 heteroatoms. The van der Waals surface area contributed by atoms with Gasteiger partial charge in [0.2, 0.25) is 5.91 Å². The summed E-state index contributed by atoms with van der Waals surface area (Å²) in [6.07, 6.45) is 0.950. The van der Waals surface area contributed by atoms with Crippen molar-refractivity contribution in [2.75, 3.05) is 18.9 Å². The minimum absolute atomic E-state index is 0.132. The fourth-order valence-corrected chi connectivity index (χ4v) is 2.09. The zero-order valence-corrected chi connectivity index (χ0v) is 15.2. The van der Waals surface area contributed by atoms with Crippen LogP contribution in [0.25, 0.3) is 0 Å². The molecule has 1 atom stereocenters. The quantitative estimate of drug-likeness (QED) is 0.716. The van der Waals surface area contributed by atoms with Crippen LogP contribution in [0.1, 0.15) is 39.7 Å². The van der Waals surface area contributed by atoms with Crippen molar-refractivity contribution in [3.63, 3.8) is 0 Å². The number of anilines is 1. The van der Waals surface area contributed by atoms with E-state index < -0.39 is 17.7 Å². The van der Waals surface area contributed by atoms with E-state index in [1.807, 2.05) is 24.3 Å². The van der Waals surface area contributed by atoms with Gasteiger partial charge in [0.1, 0.15) is 5.60 Å². The van der Waals surface area contributed by atoms with Gasteiger partial charge in [-0.25, -0.2) is 4.79 Å². The normalized spacial score (nSPS) is 12.4. The number of alkyl carbamates (subject to hydrolysis) is 1. The van der Waals surface area contributed by atoms with Crippen LogP contribution in [-0.2, 0) is 16.0 Å². The predicted octanol–water partition coefficient (Wildman–Crippen LogP) is 2.69. The van der Waals surface area contributed by atoms with Gasteiger partial charge in [0.25, 0.3) is 0 Å². The third-order valence-electron chi connectivity index (χ3n) is 3.40. The number of aryl methyl sites for hydroxylation is 1. The molecular formula is C18H29N3O3. The molecule has 0 heterocycles. The maximum Gasteiger partial charge on any atom is 0.407 e. The van der Waals surface area contributed by atoms with Crippen LogP contribution in [0.5, 0.6) is 0 Å². The third-order valence-corrected chi connectivity index (χ3v) is 3.40. The summed E-state index contributed by atoms with van der Waals surface area (Å²) in [6, 6.07) is 7.37. The van der Waals surface area contributed by atoms with Gasteiger partial charge in [0, 0.05) is 12.2 Å². The standard InChI is InChI=1S/C18H29N3O3/c1-6-13-7-9-14(10-8-13)21-16(22)15(19-5)11-12-20-17(23)24-18(2,3)4/h7-10,15,19H,6,11-12H2,1-5H3,(H,20,23)(H,21,22)/t15-/m0/s1. The lowest BCUT2D eigenvalue weighted by atomic mass is 10.1. The summed E-state index contributed by atoms with van der Waals surface area (Å²) in [6.45, 7) is 7.85. The van der Waals surface area contributed by atoms with Crippen molar-refractivity contribution < 1.29 is 14.3 Å². The van der Waals surface area contributed by atoms with Gasteiger partial charge in [0.15, 0.2) is 0 Å². The topological polar surface area (TPSA) is 79.5 Å². The molecule has 0 fully saturated rings. The summed E-state index contributed by atoms with van der Waals surface area (Å²) in [5.41, 5.74) is 1.45. The van der Waals surface area contributed by atoms with Crippen molar-refractivity contribution in [3.05, 3.63) is 29.8 Å².